The topological polar surface area (TPSA) is 75.6 Å². The molecule has 2 aromatic carbocycles. The van der Waals surface area contributed by atoms with Gasteiger partial charge < -0.3 is 15.2 Å². The summed E-state index contributed by atoms with van der Waals surface area (Å²) in [6, 6.07) is 12.5. The second-order valence-electron chi connectivity index (χ2n) is 7.12. The fourth-order valence-electron chi connectivity index (χ4n) is 2.57. The van der Waals surface area contributed by atoms with E-state index in [4.69, 9.17) is 21.4 Å². The molecule has 6 heteroatoms. The van der Waals surface area contributed by atoms with Crippen molar-refractivity contribution in [2.24, 2.45) is 0 Å². The van der Waals surface area contributed by atoms with Gasteiger partial charge in [-0.1, -0.05) is 36.7 Å². The zero-order valence-corrected chi connectivity index (χ0v) is 16.6. The highest BCUT2D eigenvalue weighted by molar-refractivity contribution is 6.32. The van der Waals surface area contributed by atoms with Crippen LogP contribution in [0.15, 0.2) is 42.5 Å². The Bertz CT molecular complexity index is 831. The molecule has 0 saturated carbocycles. The summed E-state index contributed by atoms with van der Waals surface area (Å²) in [6.45, 7) is 7.11. The van der Waals surface area contributed by atoms with Crippen LogP contribution in [0.25, 0.3) is 0 Å². The highest BCUT2D eigenvalue weighted by atomic mass is 35.5. The summed E-state index contributed by atoms with van der Waals surface area (Å²) in [5.74, 6) is -0.801. The summed E-state index contributed by atoms with van der Waals surface area (Å²) >= 11 is 6.15. The molecule has 2 N–H and O–H groups in total. The Hall–Kier alpha value is -2.53. The molecule has 0 heterocycles. The van der Waals surface area contributed by atoms with E-state index in [0.717, 1.165) is 11.1 Å². The Morgan fingerprint density at radius 3 is 2.41 bits per heavy atom. The van der Waals surface area contributed by atoms with Crippen LogP contribution in [0.1, 0.15) is 44.2 Å². The van der Waals surface area contributed by atoms with Gasteiger partial charge in [-0.15, -0.1) is 0 Å². The number of halogens is 1. The van der Waals surface area contributed by atoms with E-state index in [9.17, 15) is 9.59 Å². The Balaban J connectivity index is 2.06. The fraction of sp³-hybridized carbons (Fsp3) is 0.333. The number of hydrogen-bond acceptors (Lipinski definition) is 3. The Morgan fingerprint density at radius 1 is 1.19 bits per heavy atom. The van der Waals surface area contributed by atoms with E-state index >= 15 is 0 Å². The molecule has 144 valence electrons. The highest BCUT2D eigenvalue weighted by Crippen LogP contribution is 2.29. The van der Waals surface area contributed by atoms with Crippen LogP contribution in [-0.4, -0.2) is 22.6 Å². The second-order valence-corrected chi connectivity index (χ2v) is 7.53. The summed E-state index contributed by atoms with van der Waals surface area (Å²) in [6.07, 6.45) is 0.0594. The van der Waals surface area contributed by atoms with E-state index in [-0.39, 0.29) is 18.2 Å². The summed E-state index contributed by atoms with van der Waals surface area (Å²) in [7, 11) is 0. The van der Waals surface area contributed by atoms with Gasteiger partial charge in [0.15, 0.2) is 5.60 Å². The molecule has 0 saturated heterocycles. The van der Waals surface area contributed by atoms with Crippen molar-refractivity contribution in [2.75, 3.05) is 5.32 Å². The lowest BCUT2D eigenvalue weighted by atomic mass is 9.97. The number of hydrogen-bond donors (Lipinski definition) is 2. The van der Waals surface area contributed by atoms with Gasteiger partial charge in [-0.25, -0.2) is 0 Å². The lowest BCUT2D eigenvalue weighted by Crippen LogP contribution is -2.42. The van der Waals surface area contributed by atoms with Gasteiger partial charge >= 0.3 is 5.97 Å². The van der Waals surface area contributed by atoms with Crippen molar-refractivity contribution in [2.45, 2.75) is 45.6 Å². The predicted octanol–water partition coefficient (Wildman–Crippen LogP) is 5.02. The van der Waals surface area contributed by atoms with Gasteiger partial charge in [0.1, 0.15) is 5.75 Å². The van der Waals surface area contributed by atoms with E-state index in [1.807, 2.05) is 32.0 Å². The van der Waals surface area contributed by atoms with E-state index < -0.39 is 11.6 Å². The normalized spacial score (nSPS) is 12.3. The van der Waals surface area contributed by atoms with Crippen molar-refractivity contribution in [1.29, 1.82) is 0 Å². The number of carbonyl (C=O) groups excluding carboxylic acids is 1. The van der Waals surface area contributed by atoms with Gasteiger partial charge in [-0.05, 0) is 62.1 Å². The van der Waals surface area contributed by atoms with Gasteiger partial charge in [0.2, 0.25) is 0 Å². The largest absolute Gasteiger partial charge is 0.481 e. The van der Waals surface area contributed by atoms with Crippen molar-refractivity contribution in [1.82, 2.24) is 0 Å². The van der Waals surface area contributed by atoms with Crippen molar-refractivity contribution in [3.05, 3.63) is 58.6 Å². The molecule has 0 aromatic heterocycles. The minimum atomic E-state index is -1.13. The van der Waals surface area contributed by atoms with Gasteiger partial charge in [0.05, 0.1) is 11.4 Å². The molecule has 0 aliphatic carbocycles. The molecule has 0 aliphatic heterocycles. The molecule has 0 radical (unpaired) electrons. The molecule has 0 aliphatic rings. The summed E-state index contributed by atoms with van der Waals surface area (Å²) in [4.78, 5) is 23.5. The zero-order chi connectivity index (χ0) is 20.2. The summed E-state index contributed by atoms with van der Waals surface area (Å²) in [5, 5.41) is 12.1. The molecular formula is C21H24ClNO4. The third kappa shape index (κ3) is 5.73. The Kier molecular flexibility index (Phi) is 6.50. The van der Waals surface area contributed by atoms with Crippen LogP contribution in [0, 0.1) is 6.92 Å². The molecular weight excluding hydrogens is 366 g/mol. The highest BCUT2D eigenvalue weighted by Gasteiger charge is 2.31. The third-order valence-corrected chi connectivity index (χ3v) is 4.53. The number of carboxylic acid groups (broad SMARTS) is 1. The van der Waals surface area contributed by atoms with E-state index in [2.05, 4.69) is 5.32 Å². The first-order valence-corrected chi connectivity index (χ1v) is 9.04. The molecule has 0 spiro atoms. The summed E-state index contributed by atoms with van der Waals surface area (Å²) in [5.41, 5.74) is 1.36. The zero-order valence-electron chi connectivity index (χ0n) is 15.9. The van der Waals surface area contributed by atoms with E-state index in [0.29, 0.717) is 16.5 Å². The number of nitrogens with one attached hydrogen (secondary N) is 1. The molecule has 1 atom stereocenters. The van der Waals surface area contributed by atoms with Crippen LogP contribution in [0.3, 0.4) is 0 Å². The predicted molar refractivity (Wildman–Crippen MR) is 107 cm³/mol. The van der Waals surface area contributed by atoms with Crippen LogP contribution in [0.5, 0.6) is 5.75 Å². The van der Waals surface area contributed by atoms with Crippen molar-refractivity contribution >= 4 is 29.2 Å². The SMILES string of the molecule is Cc1ccc(Cl)c(OC(C)(C)C(=O)Nc2ccc(C(C)CC(=O)O)cc2)c1. The maximum atomic E-state index is 12.6. The standard InChI is InChI=1S/C21H24ClNO4/c1-13-5-10-17(22)18(11-13)27-21(3,4)20(26)23-16-8-6-15(7-9-16)14(2)12-19(24)25/h5-11,14H,12H2,1-4H3,(H,23,26)(H,24,25). The third-order valence-electron chi connectivity index (χ3n) is 4.22. The van der Waals surface area contributed by atoms with Crippen LogP contribution in [0.4, 0.5) is 5.69 Å². The quantitative estimate of drug-likeness (QED) is 0.696. The number of carbonyl (C=O) groups is 2. The maximum absolute atomic E-state index is 12.6. The number of benzene rings is 2. The Labute approximate surface area is 164 Å². The average molecular weight is 390 g/mol. The number of anilines is 1. The van der Waals surface area contributed by atoms with Gasteiger partial charge in [0.25, 0.3) is 5.91 Å². The molecule has 1 unspecified atom stereocenters. The molecule has 0 bridgehead atoms. The van der Waals surface area contributed by atoms with Crippen LogP contribution in [0.2, 0.25) is 5.02 Å². The van der Waals surface area contributed by atoms with Crippen LogP contribution < -0.4 is 10.1 Å². The van der Waals surface area contributed by atoms with Crippen molar-refractivity contribution in [3.8, 4) is 5.75 Å². The molecule has 5 nitrogen and oxygen atoms in total. The minimum absolute atomic E-state index is 0.0594. The fourth-order valence-corrected chi connectivity index (χ4v) is 2.72. The number of ether oxygens (including phenoxy) is 1. The molecule has 27 heavy (non-hydrogen) atoms. The van der Waals surface area contributed by atoms with E-state index in [1.54, 1.807) is 38.1 Å². The summed E-state index contributed by atoms with van der Waals surface area (Å²) < 4.78 is 5.84. The number of aryl methyl sites for hydroxylation is 1. The van der Waals surface area contributed by atoms with Crippen molar-refractivity contribution in [3.63, 3.8) is 0 Å². The van der Waals surface area contributed by atoms with E-state index in [1.165, 1.54) is 0 Å². The average Bonchev–Trinajstić information content (AvgIpc) is 2.58. The van der Waals surface area contributed by atoms with Crippen LogP contribution in [-0.2, 0) is 9.59 Å². The van der Waals surface area contributed by atoms with Gasteiger partial charge in [-0.3, -0.25) is 9.59 Å². The monoisotopic (exact) mass is 389 g/mol. The first kappa shape index (κ1) is 20.8. The molecule has 2 rings (SSSR count). The first-order valence-electron chi connectivity index (χ1n) is 8.67. The molecule has 1 amide bonds. The van der Waals surface area contributed by atoms with Crippen LogP contribution >= 0.6 is 11.6 Å². The smallest absolute Gasteiger partial charge is 0.303 e. The first-order chi connectivity index (χ1) is 12.6. The van der Waals surface area contributed by atoms with Crippen molar-refractivity contribution < 1.29 is 19.4 Å². The number of rotatable bonds is 7. The minimum Gasteiger partial charge on any atom is -0.481 e. The maximum Gasteiger partial charge on any atom is 0.303 e. The lowest BCUT2D eigenvalue weighted by molar-refractivity contribution is -0.137. The number of amides is 1. The number of carboxylic acids is 1. The number of aliphatic carboxylic acids is 1. The second kappa shape index (κ2) is 8.44. The lowest BCUT2D eigenvalue weighted by Gasteiger charge is -2.26. The Morgan fingerprint density at radius 2 is 1.81 bits per heavy atom. The van der Waals surface area contributed by atoms with Gasteiger partial charge in [0, 0.05) is 5.69 Å². The van der Waals surface area contributed by atoms with Gasteiger partial charge in [-0.2, -0.15) is 0 Å². The molecule has 0 fully saturated rings. The molecule has 2 aromatic rings.